The number of fused-ring (bicyclic) bond motifs is 1. The molecule has 1 unspecified atom stereocenters. The Morgan fingerprint density at radius 3 is 2.11 bits per heavy atom. The molecule has 0 aliphatic heterocycles. The summed E-state index contributed by atoms with van der Waals surface area (Å²) in [5, 5.41) is 9.18. The highest BCUT2D eigenvalue weighted by Gasteiger charge is 2.32. The van der Waals surface area contributed by atoms with Gasteiger partial charge in [-0.15, -0.1) is 0 Å². The van der Waals surface area contributed by atoms with Gasteiger partial charge in [0, 0.05) is 5.57 Å². The molecule has 1 aliphatic rings. The molecule has 5 nitrogen and oxygen atoms in total. The van der Waals surface area contributed by atoms with Gasteiger partial charge in [-0.3, -0.25) is 0 Å². The lowest BCUT2D eigenvalue weighted by Gasteiger charge is -2.13. The van der Waals surface area contributed by atoms with Crippen molar-refractivity contribution in [2.24, 2.45) is 0 Å². The first-order valence-corrected chi connectivity index (χ1v) is 8.62. The van der Waals surface area contributed by atoms with Crippen molar-refractivity contribution in [3.05, 3.63) is 58.7 Å². The van der Waals surface area contributed by atoms with Crippen LogP contribution >= 0.6 is 0 Å². The average molecular weight is 384 g/mol. The second-order valence-electron chi connectivity index (χ2n) is 6.30. The highest BCUT2D eigenvalue weighted by atomic mass is 19.1. The lowest BCUT2D eigenvalue weighted by atomic mass is 10.0. The number of benzene rings is 2. The molecule has 0 bridgehead atoms. The Bertz CT molecular complexity index is 965. The van der Waals surface area contributed by atoms with Crippen LogP contribution in [0.1, 0.15) is 23.6 Å². The summed E-state index contributed by atoms with van der Waals surface area (Å²) in [6, 6.07) is 10.8. The summed E-state index contributed by atoms with van der Waals surface area (Å²) >= 11 is 0. The van der Waals surface area contributed by atoms with Gasteiger partial charge in [-0.25, -0.2) is 9.18 Å². The van der Waals surface area contributed by atoms with Gasteiger partial charge in [-0.2, -0.15) is 0 Å². The highest BCUT2D eigenvalue weighted by Crippen LogP contribution is 2.45. The lowest BCUT2D eigenvalue weighted by molar-refractivity contribution is -0.140. The molecular formula is C22H21FO5. The number of rotatable bonds is 6. The van der Waals surface area contributed by atoms with Gasteiger partial charge >= 0.3 is 5.97 Å². The molecule has 1 aliphatic carbocycles. The molecule has 3 rings (SSSR count). The molecule has 0 saturated heterocycles. The number of hydrogen-bond donors (Lipinski definition) is 1. The molecule has 0 heterocycles. The molecule has 2 aromatic carbocycles. The van der Waals surface area contributed by atoms with Gasteiger partial charge in [0.2, 0.25) is 11.9 Å². The van der Waals surface area contributed by atoms with Crippen molar-refractivity contribution in [3.63, 3.8) is 0 Å². The minimum atomic E-state index is -2.09. The first kappa shape index (κ1) is 19.5. The molecule has 0 spiro atoms. The topological polar surface area (TPSA) is 65.0 Å². The molecule has 146 valence electrons. The molecule has 1 N–H and O–H groups in total. The highest BCUT2D eigenvalue weighted by molar-refractivity contribution is 6.09. The van der Waals surface area contributed by atoms with Crippen LogP contribution in [-0.2, 0) is 4.79 Å². The minimum absolute atomic E-state index is 0.182. The number of allylic oxidation sites excluding steroid dienone is 2. The summed E-state index contributed by atoms with van der Waals surface area (Å²) in [5.74, 6) is -0.0358. The Balaban J connectivity index is 2.20. The Hall–Kier alpha value is -3.28. The van der Waals surface area contributed by atoms with Gasteiger partial charge < -0.3 is 19.3 Å². The molecule has 0 amide bonds. The number of methoxy groups -OCH3 is 3. The molecule has 28 heavy (non-hydrogen) atoms. The zero-order chi connectivity index (χ0) is 20.4. The van der Waals surface area contributed by atoms with E-state index in [0.717, 1.165) is 16.7 Å². The largest absolute Gasteiger partial charge is 0.493 e. The van der Waals surface area contributed by atoms with E-state index in [4.69, 9.17) is 14.2 Å². The molecule has 1 atom stereocenters. The van der Waals surface area contributed by atoms with Crippen molar-refractivity contribution in [2.75, 3.05) is 21.3 Å². The number of halogens is 1. The molecule has 6 heteroatoms. The number of alkyl halides is 1. The summed E-state index contributed by atoms with van der Waals surface area (Å²) in [4.78, 5) is 11.3. The van der Waals surface area contributed by atoms with Crippen LogP contribution in [0.15, 0.2) is 42.0 Å². The third-order valence-electron chi connectivity index (χ3n) is 4.78. The first-order chi connectivity index (χ1) is 13.4. The van der Waals surface area contributed by atoms with Crippen LogP contribution in [-0.4, -0.2) is 38.6 Å². The Labute approximate surface area is 162 Å². The van der Waals surface area contributed by atoms with Crippen LogP contribution in [0.25, 0.3) is 17.2 Å². The molecule has 0 saturated carbocycles. The molecule has 0 radical (unpaired) electrons. The monoisotopic (exact) mass is 384 g/mol. The summed E-state index contributed by atoms with van der Waals surface area (Å²) in [6.07, 6.45) is -0.229. The number of ether oxygens (including phenoxy) is 3. The van der Waals surface area contributed by atoms with Gasteiger partial charge in [0.25, 0.3) is 0 Å². The Morgan fingerprint density at radius 2 is 1.61 bits per heavy atom. The molecule has 0 fully saturated rings. The fourth-order valence-corrected chi connectivity index (χ4v) is 3.49. The van der Waals surface area contributed by atoms with Crippen molar-refractivity contribution in [1.82, 2.24) is 0 Å². The minimum Gasteiger partial charge on any atom is -0.493 e. The van der Waals surface area contributed by atoms with Gasteiger partial charge in [0.15, 0.2) is 11.5 Å². The van der Waals surface area contributed by atoms with Crippen molar-refractivity contribution in [2.45, 2.75) is 13.1 Å². The smallest absolute Gasteiger partial charge is 0.343 e. The van der Waals surface area contributed by atoms with Gasteiger partial charge in [0.1, 0.15) is 0 Å². The van der Waals surface area contributed by atoms with Crippen LogP contribution < -0.4 is 14.2 Å². The predicted molar refractivity (Wildman–Crippen MR) is 106 cm³/mol. The average Bonchev–Trinajstić information content (AvgIpc) is 2.98. The Kier molecular flexibility index (Phi) is 5.40. The standard InChI is InChI=1S/C22H21FO5/c1-12-16(9-13-10-17(26-2)21(28-4)18(11-13)27-3)14-7-5-6-8-15(14)19(12)20(23)22(24)25/h5-11,20H,1-4H3,(H,24,25). The second-order valence-corrected chi connectivity index (χ2v) is 6.30. The van der Waals surface area contributed by atoms with Crippen molar-refractivity contribution in [3.8, 4) is 17.2 Å². The van der Waals surface area contributed by atoms with Crippen molar-refractivity contribution < 1.29 is 28.5 Å². The summed E-state index contributed by atoms with van der Waals surface area (Å²) in [5.41, 5.74) is 3.65. The van der Waals surface area contributed by atoms with E-state index >= 15 is 0 Å². The van der Waals surface area contributed by atoms with Crippen LogP contribution in [0, 0.1) is 0 Å². The van der Waals surface area contributed by atoms with E-state index in [-0.39, 0.29) is 5.57 Å². The van der Waals surface area contributed by atoms with E-state index in [0.29, 0.717) is 28.4 Å². The molecule has 2 aromatic rings. The predicted octanol–water partition coefficient (Wildman–Crippen LogP) is 4.46. The zero-order valence-corrected chi connectivity index (χ0v) is 16.1. The normalized spacial score (nSPS) is 15.4. The van der Waals surface area contributed by atoms with Crippen LogP contribution in [0.2, 0.25) is 0 Å². The van der Waals surface area contributed by atoms with Crippen molar-refractivity contribution in [1.29, 1.82) is 0 Å². The summed E-state index contributed by atoms with van der Waals surface area (Å²) in [7, 11) is 4.59. The fourth-order valence-electron chi connectivity index (χ4n) is 3.49. The molecule has 0 aromatic heterocycles. The van der Waals surface area contributed by atoms with E-state index < -0.39 is 12.1 Å². The van der Waals surface area contributed by atoms with Gasteiger partial charge in [0.05, 0.1) is 21.3 Å². The fraction of sp³-hybridized carbons (Fsp3) is 0.227. The van der Waals surface area contributed by atoms with Gasteiger partial charge in [-0.1, -0.05) is 24.3 Å². The third kappa shape index (κ3) is 3.22. The number of carbonyl (C=O) groups is 1. The maximum absolute atomic E-state index is 14.5. The lowest BCUT2D eigenvalue weighted by Crippen LogP contribution is -2.16. The number of hydrogen-bond acceptors (Lipinski definition) is 4. The van der Waals surface area contributed by atoms with E-state index in [1.807, 2.05) is 18.2 Å². The Morgan fingerprint density at radius 1 is 1.04 bits per heavy atom. The maximum atomic E-state index is 14.5. The SMILES string of the molecule is COc1cc(C=C2C(C)=C(C(F)C(=O)O)c3ccccc32)cc(OC)c1OC. The van der Waals surface area contributed by atoms with E-state index in [9.17, 15) is 14.3 Å². The third-order valence-corrected chi connectivity index (χ3v) is 4.78. The molecular weight excluding hydrogens is 363 g/mol. The maximum Gasteiger partial charge on any atom is 0.343 e. The number of carboxylic acid groups (broad SMARTS) is 1. The number of aliphatic carboxylic acids is 1. The van der Waals surface area contributed by atoms with E-state index in [2.05, 4.69) is 0 Å². The quantitative estimate of drug-likeness (QED) is 0.796. The van der Waals surface area contributed by atoms with Crippen LogP contribution in [0.5, 0.6) is 17.2 Å². The summed E-state index contributed by atoms with van der Waals surface area (Å²) in [6.45, 7) is 1.73. The van der Waals surface area contributed by atoms with Gasteiger partial charge in [-0.05, 0) is 53.0 Å². The first-order valence-electron chi connectivity index (χ1n) is 8.62. The zero-order valence-electron chi connectivity index (χ0n) is 16.1. The van der Waals surface area contributed by atoms with Crippen LogP contribution in [0.4, 0.5) is 4.39 Å². The van der Waals surface area contributed by atoms with E-state index in [1.165, 1.54) is 21.3 Å². The summed E-state index contributed by atoms with van der Waals surface area (Å²) < 4.78 is 30.6. The van der Waals surface area contributed by atoms with Crippen LogP contribution in [0.3, 0.4) is 0 Å². The van der Waals surface area contributed by atoms with Crippen molar-refractivity contribution >= 4 is 23.2 Å². The van der Waals surface area contributed by atoms with E-state index in [1.54, 1.807) is 31.2 Å². The second kappa shape index (κ2) is 7.76. The number of carboxylic acids is 1.